The van der Waals surface area contributed by atoms with E-state index in [9.17, 15) is 9.59 Å². The fourth-order valence-corrected chi connectivity index (χ4v) is 0.274. The van der Waals surface area contributed by atoms with Gasteiger partial charge in [-0.2, -0.15) is 0 Å². The number of aliphatic hydroxyl groups excluding tert-OH is 2. The molecule has 4 N–H and O–H groups in total. The van der Waals surface area contributed by atoms with Gasteiger partial charge in [-0.15, -0.1) is 0 Å². The van der Waals surface area contributed by atoms with Crippen molar-refractivity contribution in [3.8, 4) is 0 Å². The van der Waals surface area contributed by atoms with Crippen LogP contribution in [0.1, 0.15) is 34.1 Å². The molecule has 0 aliphatic carbocycles. The molecule has 0 fully saturated rings. The van der Waals surface area contributed by atoms with Gasteiger partial charge in [-0.25, -0.2) is 9.59 Å². The smallest absolute Gasteiger partial charge is 0.330 e. The fraction of sp³-hybridized carbons (Fsp3) is 0.571. The molecule has 0 aliphatic rings. The quantitative estimate of drug-likeness (QED) is 0.573. The first-order valence-corrected chi connectivity index (χ1v) is 5.96. The van der Waals surface area contributed by atoms with Crippen molar-refractivity contribution in [2.75, 3.05) is 13.2 Å². The SMILES string of the molecule is C=C(C)C(=O)O.C=C(C)C(=O)O.CCC(C)(CO)CO. The summed E-state index contributed by atoms with van der Waals surface area (Å²) in [4.78, 5) is 19.2. The van der Waals surface area contributed by atoms with Crippen LogP contribution in [0.4, 0.5) is 0 Å². The summed E-state index contributed by atoms with van der Waals surface area (Å²) in [5.41, 5.74) is 0.0880. The molecule has 0 aliphatic heterocycles. The third-order valence-corrected chi connectivity index (χ3v) is 2.35. The fourth-order valence-electron chi connectivity index (χ4n) is 0.274. The Kier molecular flexibility index (Phi) is 14.5. The Balaban J connectivity index is -0.000000221. The minimum atomic E-state index is -0.935. The largest absolute Gasteiger partial charge is 0.478 e. The highest BCUT2D eigenvalue weighted by Crippen LogP contribution is 2.17. The van der Waals surface area contributed by atoms with Crippen LogP contribution in [-0.2, 0) is 9.59 Å². The molecule has 0 heterocycles. The number of carbonyl (C=O) groups is 2. The van der Waals surface area contributed by atoms with Crippen molar-refractivity contribution < 1.29 is 30.0 Å². The third-order valence-electron chi connectivity index (χ3n) is 2.35. The Morgan fingerprint density at radius 3 is 1.15 bits per heavy atom. The first-order chi connectivity index (χ1) is 8.97. The van der Waals surface area contributed by atoms with E-state index in [1.54, 1.807) is 0 Å². The highest BCUT2D eigenvalue weighted by molar-refractivity contribution is 5.85. The molecule has 0 spiro atoms. The molecule has 0 amide bonds. The van der Waals surface area contributed by atoms with E-state index in [1.807, 2.05) is 13.8 Å². The van der Waals surface area contributed by atoms with E-state index in [-0.39, 0.29) is 29.8 Å². The number of carboxylic acid groups (broad SMARTS) is 2. The summed E-state index contributed by atoms with van der Waals surface area (Å²) >= 11 is 0. The molecule has 0 bridgehead atoms. The molecule has 0 saturated heterocycles. The Morgan fingerprint density at radius 1 is 0.950 bits per heavy atom. The van der Waals surface area contributed by atoms with Crippen molar-refractivity contribution in [1.82, 2.24) is 0 Å². The first-order valence-electron chi connectivity index (χ1n) is 5.96. The van der Waals surface area contributed by atoms with Gasteiger partial charge in [0.05, 0.1) is 13.2 Å². The Morgan fingerprint density at radius 2 is 1.15 bits per heavy atom. The van der Waals surface area contributed by atoms with Gasteiger partial charge in [0, 0.05) is 16.6 Å². The van der Waals surface area contributed by atoms with Crippen LogP contribution in [0.15, 0.2) is 24.3 Å². The lowest BCUT2D eigenvalue weighted by atomic mass is 9.90. The first kappa shape index (κ1) is 23.4. The summed E-state index contributed by atoms with van der Waals surface area (Å²) in [7, 11) is 0. The number of rotatable bonds is 5. The lowest BCUT2D eigenvalue weighted by Crippen LogP contribution is -2.24. The van der Waals surface area contributed by atoms with Gasteiger partial charge in [0.1, 0.15) is 0 Å². The van der Waals surface area contributed by atoms with E-state index in [1.165, 1.54) is 13.8 Å². The Bertz CT molecular complexity index is 272. The standard InChI is InChI=1S/C6H14O2.2C4H6O2/c1-3-6(2,4-7)5-8;2*1-3(2)4(5)6/h7-8H,3-5H2,1-2H3;2*1H2,2H3,(H,5,6). The van der Waals surface area contributed by atoms with E-state index >= 15 is 0 Å². The van der Waals surface area contributed by atoms with Crippen molar-refractivity contribution >= 4 is 11.9 Å². The molecule has 6 nitrogen and oxygen atoms in total. The van der Waals surface area contributed by atoms with E-state index in [4.69, 9.17) is 20.4 Å². The summed E-state index contributed by atoms with van der Waals surface area (Å²) in [5.74, 6) is -1.87. The summed E-state index contributed by atoms with van der Waals surface area (Å²) in [6.45, 7) is 13.1. The van der Waals surface area contributed by atoms with Crippen molar-refractivity contribution in [3.05, 3.63) is 24.3 Å². The zero-order valence-corrected chi connectivity index (χ0v) is 12.6. The number of aliphatic hydroxyl groups is 2. The average molecular weight is 290 g/mol. The van der Waals surface area contributed by atoms with Gasteiger partial charge < -0.3 is 20.4 Å². The van der Waals surface area contributed by atoms with Gasteiger partial charge in [-0.1, -0.05) is 27.0 Å². The van der Waals surface area contributed by atoms with Crippen molar-refractivity contribution in [2.45, 2.75) is 34.1 Å². The maximum atomic E-state index is 9.60. The van der Waals surface area contributed by atoms with Crippen LogP contribution >= 0.6 is 0 Å². The number of hydrogen-bond acceptors (Lipinski definition) is 4. The second-order valence-corrected chi connectivity index (χ2v) is 4.65. The van der Waals surface area contributed by atoms with Crippen molar-refractivity contribution in [2.24, 2.45) is 5.41 Å². The van der Waals surface area contributed by atoms with E-state index in [0.717, 1.165) is 6.42 Å². The molecule has 0 radical (unpaired) electrons. The molecule has 0 atom stereocenters. The number of aliphatic carboxylic acids is 2. The Hall–Kier alpha value is -1.66. The van der Waals surface area contributed by atoms with Gasteiger partial charge in [0.25, 0.3) is 0 Å². The zero-order valence-electron chi connectivity index (χ0n) is 12.6. The Labute approximate surface area is 120 Å². The van der Waals surface area contributed by atoms with Gasteiger partial charge >= 0.3 is 11.9 Å². The third kappa shape index (κ3) is 16.3. The number of carboxylic acids is 2. The van der Waals surface area contributed by atoms with Crippen LogP contribution in [0.3, 0.4) is 0 Å². The monoisotopic (exact) mass is 290 g/mol. The van der Waals surface area contributed by atoms with Crippen LogP contribution in [0, 0.1) is 5.41 Å². The molecule has 0 unspecified atom stereocenters. The summed E-state index contributed by atoms with van der Waals surface area (Å²) < 4.78 is 0. The molecular formula is C14H26O6. The van der Waals surface area contributed by atoms with Gasteiger partial charge in [0.15, 0.2) is 0 Å². The molecule has 20 heavy (non-hydrogen) atoms. The minimum absolute atomic E-state index is 0.0694. The molecular weight excluding hydrogens is 264 g/mol. The van der Waals surface area contributed by atoms with Crippen molar-refractivity contribution in [3.63, 3.8) is 0 Å². The maximum absolute atomic E-state index is 9.60. The predicted molar refractivity (Wildman–Crippen MR) is 77.5 cm³/mol. The predicted octanol–water partition coefficient (Wildman–Crippen LogP) is 1.68. The van der Waals surface area contributed by atoms with Crippen LogP contribution < -0.4 is 0 Å². The normalized spacial score (nSPS) is 9.30. The lowest BCUT2D eigenvalue weighted by Gasteiger charge is -2.21. The van der Waals surface area contributed by atoms with E-state index in [0.29, 0.717) is 0 Å². The molecule has 6 heteroatoms. The van der Waals surface area contributed by atoms with Gasteiger partial charge in [0.2, 0.25) is 0 Å². The topological polar surface area (TPSA) is 115 Å². The maximum Gasteiger partial charge on any atom is 0.330 e. The van der Waals surface area contributed by atoms with Crippen LogP contribution in [-0.4, -0.2) is 45.6 Å². The van der Waals surface area contributed by atoms with E-state index in [2.05, 4.69) is 13.2 Å². The average Bonchev–Trinajstić information content (AvgIpc) is 2.39. The van der Waals surface area contributed by atoms with Gasteiger partial charge in [-0.05, 0) is 20.3 Å². The molecule has 0 aromatic carbocycles. The van der Waals surface area contributed by atoms with Crippen LogP contribution in [0.25, 0.3) is 0 Å². The molecule has 0 aromatic heterocycles. The molecule has 118 valence electrons. The number of hydrogen-bond donors (Lipinski definition) is 4. The molecule has 0 rings (SSSR count). The van der Waals surface area contributed by atoms with Crippen molar-refractivity contribution in [1.29, 1.82) is 0 Å². The zero-order chi connectivity index (χ0) is 16.9. The van der Waals surface area contributed by atoms with Crippen LogP contribution in [0.5, 0.6) is 0 Å². The highest BCUT2D eigenvalue weighted by Gasteiger charge is 2.18. The summed E-state index contributed by atoms with van der Waals surface area (Å²) in [6, 6.07) is 0. The molecule has 0 saturated carbocycles. The lowest BCUT2D eigenvalue weighted by molar-refractivity contribution is -0.133. The van der Waals surface area contributed by atoms with E-state index < -0.39 is 11.9 Å². The second-order valence-electron chi connectivity index (χ2n) is 4.65. The van der Waals surface area contributed by atoms with Crippen LogP contribution in [0.2, 0.25) is 0 Å². The summed E-state index contributed by atoms with van der Waals surface area (Å²) in [6.07, 6.45) is 0.819. The minimum Gasteiger partial charge on any atom is -0.478 e. The second kappa shape index (κ2) is 12.4. The molecule has 0 aromatic rings. The summed E-state index contributed by atoms with van der Waals surface area (Å²) in [5, 5.41) is 33.0. The van der Waals surface area contributed by atoms with Gasteiger partial charge in [-0.3, -0.25) is 0 Å². The highest BCUT2D eigenvalue weighted by atomic mass is 16.4.